The predicted molar refractivity (Wildman–Crippen MR) is 45.4 cm³/mol. The van der Waals surface area contributed by atoms with Gasteiger partial charge in [0, 0.05) is 7.11 Å². The molecular weight excluding hydrogens is 136 g/mol. The Labute approximate surface area is 69.1 Å². The van der Waals surface area contributed by atoms with E-state index in [9.17, 15) is 0 Å². The smallest absolute Gasteiger partial charge is 0.0630 e. The van der Waals surface area contributed by atoms with Crippen molar-refractivity contribution in [3.63, 3.8) is 0 Å². The van der Waals surface area contributed by atoms with Crippen LogP contribution in [0.25, 0.3) is 0 Å². The third-order valence-electron chi connectivity index (χ3n) is 4.23. The lowest BCUT2D eigenvalue weighted by Gasteiger charge is -2.27. The zero-order valence-corrected chi connectivity index (χ0v) is 7.76. The minimum Gasteiger partial charge on any atom is -0.381 e. The van der Waals surface area contributed by atoms with Crippen molar-refractivity contribution in [3.05, 3.63) is 0 Å². The number of rotatable bonds is 1. The fourth-order valence-corrected chi connectivity index (χ4v) is 3.16. The maximum absolute atomic E-state index is 5.52. The zero-order chi connectivity index (χ0) is 8.06. The molecule has 4 atom stereocenters. The van der Waals surface area contributed by atoms with E-state index in [1.165, 1.54) is 19.3 Å². The van der Waals surface area contributed by atoms with Gasteiger partial charge in [-0.2, -0.15) is 0 Å². The fraction of sp³-hybridized carbons (Fsp3) is 1.00. The van der Waals surface area contributed by atoms with Crippen molar-refractivity contribution in [2.45, 2.75) is 39.2 Å². The molecule has 1 nitrogen and oxygen atoms in total. The molecule has 0 unspecified atom stereocenters. The molecule has 0 bridgehead atoms. The maximum Gasteiger partial charge on any atom is 0.0630 e. The molecule has 0 saturated heterocycles. The number of methoxy groups -OCH3 is 1. The van der Waals surface area contributed by atoms with Crippen molar-refractivity contribution in [1.82, 2.24) is 0 Å². The van der Waals surface area contributed by atoms with Crippen LogP contribution >= 0.6 is 0 Å². The lowest BCUT2D eigenvalue weighted by molar-refractivity contribution is 0.0151. The molecule has 2 aliphatic rings. The van der Waals surface area contributed by atoms with Crippen LogP contribution in [0.1, 0.15) is 33.1 Å². The first-order valence-electron chi connectivity index (χ1n) is 4.74. The maximum atomic E-state index is 5.52. The normalized spacial score (nSPS) is 55.4. The topological polar surface area (TPSA) is 9.23 Å². The summed E-state index contributed by atoms with van der Waals surface area (Å²) in [6.45, 7) is 4.78. The summed E-state index contributed by atoms with van der Waals surface area (Å²) < 4.78 is 5.52. The van der Waals surface area contributed by atoms with Crippen molar-refractivity contribution >= 4 is 0 Å². The zero-order valence-electron chi connectivity index (χ0n) is 7.76. The summed E-state index contributed by atoms with van der Waals surface area (Å²) in [4.78, 5) is 0. The first-order chi connectivity index (χ1) is 5.21. The van der Waals surface area contributed by atoms with Crippen LogP contribution in [-0.4, -0.2) is 13.2 Å². The van der Waals surface area contributed by atoms with Crippen LogP contribution in [0.4, 0.5) is 0 Å². The monoisotopic (exact) mass is 154 g/mol. The Kier molecular flexibility index (Phi) is 1.54. The van der Waals surface area contributed by atoms with E-state index in [-0.39, 0.29) is 0 Å². The van der Waals surface area contributed by atoms with Crippen molar-refractivity contribution in [2.75, 3.05) is 7.11 Å². The Balaban J connectivity index is 2.12. The van der Waals surface area contributed by atoms with E-state index in [0.29, 0.717) is 11.5 Å². The van der Waals surface area contributed by atoms with Crippen LogP contribution in [0.15, 0.2) is 0 Å². The summed E-state index contributed by atoms with van der Waals surface area (Å²) in [5, 5.41) is 0. The Morgan fingerprint density at radius 1 is 1.36 bits per heavy atom. The summed E-state index contributed by atoms with van der Waals surface area (Å²) >= 11 is 0. The Morgan fingerprint density at radius 2 is 2.09 bits per heavy atom. The molecule has 0 radical (unpaired) electrons. The summed E-state index contributed by atoms with van der Waals surface area (Å²) in [6.07, 6.45) is 4.66. The van der Waals surface area contributed by atoms with Crippen molar-refractivity contribution in [1.29, 1.82) is 0 Å². The molecule has 0 aromatic heterocycles. The Bertz CT molecular complexity index is 166. The molecule has 0 N–H and O–H groups in total. The van der Waals surface area contributed by atoms with Gasteiger partial charge in [0.05, 0.1) is 6.10 Å². The second-order valence-electron chi connectivity index (χ2n) is 4.42. The number of hydrogen-bond acceptors (Lipinski definition) is 1. The van der Waals surface area contributed by atoms with Gasteiger partial charge in [0.15, 0.2) is 0 Å². The van der Waals surface area contributed by atoms with Crippen molar-refractivity contribution in [2.24, 2.45) is 17.3 Å². The van der Waals surface area contributed by atoms with Crippen LogP contribution in [0.5, 0.6) is 0 Å². The number of hydrogen-bond donors (Lipinski definition) is 0. The van der Waals surface area contributed by atoms with Gasteiger partial charge in [-0.25, -0.2) is 0 Å². The Morgan fingerprint density at radius 3 is 2.64 bits per heavy atom. The molecule has 2 fully saturated rings. The van der Waals surface area contributed by atoms with Crippen LogP contribution in [0.2, 0.25) is 0 Å². The highest BCUT2D eigenvalue weighted by Crippen LogP contribution is 2.66. The molecule has 64 valence electrons. The summed E-state index contributed by atoms with van der Waals surface area (Å²) in [5.41, 5.74) is 0.549. The van der Waals surface area contributed by atoms with Crippen LogP contribution in [0, 0.1) is 17.3 Å². The van der Waals surface area contributed by atoms with Gasteiger partial charge in [0.25, 0.3) is 0 Å². The highest BCUT2D eigenvalue weighted by atomic mass is 16.5. The second-order valence-corrected chi connectivity index (χ2v) is 4.42. The summed E-state index contributed by atoms with van der Waals surface area (Å²) in [7, 11) is 1.86. The van der Waals surface area contributed by atoms with Gasteiger partial charge in [0.2, 0.25) is 0 Å². The lowest BCUT2D eigenvalue weighted by atomic mass is 9.87. The van der Waals surface area contributed by atoms with Gasteiger partial charge in [0.1, 0.15) is 0 Å². The van der Waals surface area contributed by atoms with Gasteiger partial charge in [-0.15, -0.1) is 0 Å². The molecule has 0 amide bonds. The minimum absolute atomic E-state index is 0.549. The molecule has 0 aromatic rings. The van der Waals surface area contributed by atoms with Gasteiger partial charge in [-0.1, -0.05) is 20.3 Å². The highest BCUT2D eigenvalue weighted by molar-refractivity contribution is 5.11. The first-order valence-corrected chi connectivity index (χ1v) is 4.74. The van der Waals surface area contributed by atoms with Crippen molar-refractivity contribution in [3.8, 4) is 0 Å². The molecule has 2 saturated carbocycles. The van der Waals surface area contributed by atoms with E-state index in [0.717, 1.165) is 11.8 Å². The third-order valence-corrected chi connectivity index (χ3v) is 4.23. The summed E-state index contributed by atoms with van der Waals surface area (Å²) in [5.74, 6) is 1.89. The minimum atomic E-state index is 0.549. The van der Waals surface area contributed by atoms with E-state index in [1.807, 2.05) is 7.11 Å². The van der Waals surface area contributed by atoms with E-state index in [2.05, 4.69) is 13.8 Å². The van der Waals surface area contributed by atoms with Crippen LogP contribution in [0.3, 0.4) is 0 Å². The second kappa shape index (κ2) is 2.22. The lowest BCUT2D eigenvalue weighted by Crippen LogP contribution is -2.27. The molecule has 1 heteroatoms. The van der Waals surface area contributed by atoms with Crippen LogP contribution in [-0.2, 0) is 4.74 Å². The molecule has 0 aliphatic heterocycles. The van der Waals surface area contributed by atoms with Gasteiger partial charge in [-0.3, -0.25) is 0 Å². The molecule has 2 rings (SSSR count). The first kappa shape index (κ1) is 7.60. The van der Waals surface area contributed by atoms with E-state index >= 15 is 0 Å². The summed E-state index contributed by atoms with van der Waals surface area (Å²) in [6, 6.07) is 0. The molecular formula is C10H18O. The van der Waals surface area contributed by atoms with Gasteiger partial charge < -0.3 is 4.74 Å². The molecule has 2 aliphatic carbocycles. The number of fused-ring (bicyclic) bond motifs is 1. The standard InChI is InChI=1S/C10H18O/c1-7-8-5-4-6-9(11-3)10(7,8)2/h7-9H,4-6H2,1-3H3/t7-,8+,9-,10-/m1/s1. The molecule has 0 spiro atoms. The predicted octanol–water partition coefficient (Wildman–Crippen LogP) is 2.46. The van der Waals surface area contributed by atoms with Crippen LogP contribution < -0.4 is 0 Å². The Hall–Kier alpha value is -0.0400. The fourth-order valence-electron chi connectivity index (χ4n) is 3.16. The SMILES string of the molecule is CO[C@@H]1CCC[C@H]2[C@@H](C)[C@@]12C. The third kappa shape index (κ3) is 0.807. The van der Waals surface area contributed by atoms with Crippen molar-refractivity contribution < 1.29 is 4.74 Å². The number of ether oxygens (including phenoxy) is 1. The van der Waals surface area contributed by atoms with E-state index in [1.54, 1.807) is 0 Å². The van der Waals surface area contributed by atoms with Gasteiger partial charge >= 0.3 is 0 Å². The van der Waals surface area contributed by atoms with E-state index < -0.39 is 0 Å². The average Bonchev–Trinajstić information content (AvgIpc) is 2.55. The molecule has 0 heterocycles. The molecule has 0 aromatic carbocycles. The molecule has 11 heavy (non-hydrogen) atoms. The largest absolute Gasteiger partial charge is 0.381 e. The quantitative estimate of drug-likeness (QED) is 0.563. The van der Waals surface area contributed by atoms with E-state index in [4.69, 9.17) is 4.74 Å². The average molecular weight is 154 g/mol. The highest BCUT2D eigenvalue weighted by Gasteiger charge is 2.63. The van der Waals surface area contributed by atoms with Gasteiger partial charge in [-0.05, 0) is 30.1 Å².